The summed E-state index contributed by atoms with van der Waals surface area (Å²) in [7, 11) is 0. The highest BCUT2D eigenvalue weighted by Crippen LogP contribution is 2.38. The highest BCUT2D eigenvalue weighted by Gasteiger charge is 2.50. The monoisotopic (exact) mass is 255 g/mol. The van der Waals surface area contributed by atoms with Crippen LogP contribution in [0, 0.1) is 6.92 Å². The largest absolute Gasteiger partial charge is 0.298 e. The molecule has 0 spiro atoms. The van der Waals surface area contributed by atoms with E-state index in [9.17, 15) is 4.79 Å². The Bertz CT molecular complexity index is 694. The van der Waals surface area contributed by atoms with Crippen LogP contribution in [-0.2, 0) is 0 Å². The van der Waals surface area contributed by atoms with E-state index in [1.165, 1.54) is 25.7 Å². The van der Waals surface area contributed by atoms with Gasteiger partial charge in [0.1, 0.15) is 5.82 Å². The first-order valence-corrected chi connectivity index (χ1v) is 7.04. The summed E-state index contributed by atoms with van der Waals surface area (Å²) < 4.78 is 1.81. The first-order valence-electron chi connectivity index (χ1n) is 7.04. The Morgan fingerprint density at radius 3 is 2.58 bits per heavy atom. The van der Waals surface area contributed by atoms with Gasteiger partial charge in [-0.25, -0.2) is 9.66 Å². The SMILES string of the molecule is Cc1nc2ccccc2c(=O)n1N1C2CCCCC21. The molecule has 2 unspecified atom stereocenters. The summed E-state index contributed by atoms with van der Waals surface area (Å²) in [6, 6.07) is 8.73. The van der Waals surface area contributed by atoms with Crippen molar-refractivity contribution in [2.45, 2.75) is 44.7 Å². The molecule has 2 atom stereocenters. The molecule has 2 aromatic rings. The third kappa shape index (κ3) is 1.52. The molecule has 98 valence electrons. The van der Waals surface area contributed by atoms with Crippen LogP contribution in [0.5, 0.6) is 0 Å². The van der Waals surface area contributed by atoms with E-state index in [2.05, 4.69) is 9.99 Å². The van der Waals surface area contributed by atoms with Gasteiger partial charge in [0.05, 0.1) is 23.0 Å². The van der Waals surface area contributed by atoms with Crippen molar-refractivity contribution in [3.63, 3.8) is 0 Å². The maximum Gasteiger partial charge on any atom is 0.280 e. The third-order valence-electron chi connectivity index (χ3n) is 4.43. The Morgan fingerprint density at radius 1 is 1.16 bits per heavy atom. The fraction of sp³-hybridized carbons (Fsp3) is 0.467. The van der Waals surface area contributed by atoms with E-state index in [0.717, 1.165) is 16.7 Å². The molecule has 2 heterocycles. The summed E-state index contributed by atoms with van der Waals surface area (Å²) >= 11 is 0. The first-order chi connectivity index (χ1) is 9.27. The second-order valence-corrected chi connectivity index (χ2v) is 5.59. The highest BCUT2D eigenvalue weighted by atomic mass is 16.1. The number of fused-ring (bicyclic) bond motifs is 2. The van der Waals surface area contributed by atoms with Gasteiger partial charge in [-0.05, 0) is 31.9 Å². The molecule has 2 fully saturated rings. The van der Waals surface area contributed by atoms with Crippen LogP contribution >= 0.6 is 0 Å². The maximum absolute atomic E-state index is 12.7. The van der Waals surface area contributed by atoms with Crippen LogP contribution in [0.4, 0.5) is 0 Å². The summed E-state index contributed by atoms with van der Waals surface area (Å²) in [5, 5.41) is 2.96. The smallest absolute Gasteiger partial charge is 0.280 e. The van der Waals surface area contributed by atoms with Gasteiger partial charge in [0, 0.05) is 0 Å². The van der Waals surface area contributed by atoms with E-state index in [1.54, 1.807) is 0 Å². The summed E-state index contributed by atoms with van der Waals surface area (Å²) in [5.41, 5.74) is 0.878. The number of hydrogen-bond donors (Lipinski definition) is 0. The molecular formula is C15H17N3O. The fourth-order valence-corrected chi connectivity index (χ4v) is 3.48. The predicted molar refractivity (Wildman–Crippen MR) is 75.0 cm³/mol. The third-order valence-corrected chi connectivity index (χ3v) is 4.43. The molecule has 4 rings (SSSR count). The van der Waals surface area contributed by atoms with Crippen molar-refractivity contribution >= 4 is 10.9 Å². The zero-order chi connectivity index (χ0) is 13.0. The molecule has 0 amide bonds. The lowest BCUT2D eigenvalue weighted by Gasteiger charge is -2.13. The molecule has 1 saturated carbocycles. The summed E-state index contributed by atoms with van der Waals surface area (Å²) in [4.78, 5) is 17.2. The first kappa shape index (κ1) is 11.0. The average molecular weight is 255 g/mol. The maximum atomic E-state index is 12.7. The van der Waals surface area contributed by atoms with E-state index in [-0.39, 0.29) is 5.56 Å². The minimum Gasteiger partial charge on any atom is -0.298 e. The number of rotatable bonds is 1. The molecule has 1 saturated heterocycles. The zero-order valence-corrected chi connectivity index (χ0v) is 11.0. The molecule has 0 N–H and O–H groups in total. The lowest BCUT2D eigenvalue weighted by atomic mass is 10.0. The van der Waals surface area contributed by atoms with Gasteiger partial charge >= 0.3 is 0 Å². The molecule has 4 nitrogen and oxygen atoms in total. The molecule has 0 bridgehead atoms. The van der Waals surface area contributed by atoms with E-state index >= 15 is 0 Å². The Morgan fingerprint density at radius 2 is 1.84 bits per heavy atom. The van der Waals surface area contributed by atoms with Crippen LogP contribution < -0.4 is 10.6 Å². The van der Waals surface area contributed by atoms with Crippen LogP contribution in [0.3, 0.4) is 0 Å². The van der Waals surface area contributed by atoms with Crippen molar-refractivity contribution in [3.8, 4) is 0 Å². The predicted octanol–water partition coefficient (Wildman–Crippen LogP) is 1.97. The van der Waals surface area contributed by atoms with Crippen molar-refractivity contribution in [1.29, 1.82) is 0 Å². The van der Waals surface area contributed by atoms with Crippen LogP contribution in [-0.4, -0.2) is 21.7 Å². The second kappa shape index (κ2) is 3.83. The van der Waals surface area contributed by atoms with Gasteiger partial charge < -0.3 is 0 Å². The van der Waals surface area contributed by atoms with Gasteiger partial charge in [0.25, 0.3) is 5.56 Å². The number of benzene rings is 1. The van der Waals surface area contributed by atoms with Crippen LogP contribution in [0.2, 0.25) is 0 Å². The summed E-state index contributed by atoms with van der Waals surface area (Å²) in [6.45, 7) is 1.93. The van der Waals surface area contributed by atoms with E-state index in [4.69, 9.17) is 0 Å². The van der Waals surface area contributed by atoms with Crippen molar-refractivity contribution in [2.75, 3.05) is 5.01 Å². The van der Waals surface area contributed by atoms with E-state index in [1.807, 2.05) is 35.9 Å². The van der Waals surface area contributed by atoms with Gasteiger partial charge in [-0.3, -0.25) is 9.80 Å². The topological polar surface area (TPSA) is 37.9 Å². The Kier molecular flexibility index (Phi) is 2.22. The van der Waals surface area contributed by atoms with Gasteiger partial charge in [-0.15, -0.1) is 0 Å². The minimum atomic E-state index is 0.0810. The number of aromatic nitrogens is 2. The Labute approximate surface area is 111 Å². The van der Waals surface area contributed by atoms with Crippen molar-refractivity contribution < 1.29 is 0 Å². The van der Waals surface area contributed by atoms with Crippen molar-refractivity contribution in [3.05, 3.63) is 40.4 Å². The van der Waals surface area contributed by atoms with Gasteiger partial charge in [-0.2, -0.15) is 0 Å². The van der Waals surface area contributed by atoms with E-state index in [0.29, 0.717) is 12.1 Å². The lowest BCUT2D eigenvalue weighted by molar-refractivity contribution is 0.571. The molecule has 1 aliphatic carbocycles. The minimum absolute atomic E-state index is 0.0810. The quantitative estimate of drug-likeness (QED) is 0.731. The number of para-hydroxylation sites is 1. The molecule has 1 aromatic carbocycles. The number of nitrogens with zero attached hydrogens (tertiary/aromatic N) is 3. The van der Waals surface area contributed by atoms with Crippen molar-refractivity contribution in [2.24, 2.45) is 0 Å². The molecule has 4 heteroatoms. The number of hydrogen-bond acceptors (Lipinski definition) is 3. The van der Waals surface area contributed by atoms with Crippen LogP contribution in [0.15, 0.2) is 29.1 Å². The van der Waals surface area contributed by atoms with Crippen molar-refractivity contribution in [1.82, 2.24) is 9.66 Å². The Balaban J connectivity index is 1.89. The van der Waals surface area contributed by atoms with Gasteiger partial charge in [0.2, 0.25) is 0 Å². The molecule has 19 heavy (non-hydrogen) atoms. The normalized spacial score (nSPS) is 25.4. The molecule has 0 radical (unpaired) electrons. The molecule has 1 aromatic heterocycles. The van der Waals surface area contributed by atoms with Crippen LogP contribution in [0.1, 0.15) is 31.5 Å². The highest BCUT2D eigenvalue weighted by molar-refractivity contribution is 5.77. The summed E-state index contributed by atoms with van der Waals surface area (Å²) in [6.07, 6.45) is 4.99. The molecular weight excluding hydrogens is 238 g/mol. The van der Waals surface area contributed by atoms with Gasteiger partial charge in [-0.1, -0.05) is 25.0 Å². The second-order valence-electron chi connectivity index (χ2n) is 5.59. The lowest BCUT2D eigenvalue weighted by Crippen LogP contribution is -2.33. The molecule has 1 aliphatic heterocycles. The standard InChI is InChI=1S/C15H17N3O/c1-10-16-12-7-3-2-6-11(12)15(19)17(10)18-13-8-4-5-9-14(13)18/h2-3,6-7,13-14H,4-5,8-9H2,1H3. The zero-order valence-electron chi connectivity index (χ0n) is 11.0. The Hall–Kier alpha value is -1.84. The number of aryl methyl sites for hydroxylation is 1. The van der Waals surface area contributed by atoms with Crippen LogP contribution in [0.25, 0.3) is 10.9 Å². The average Bonchev–Trinajstić information content (AvgIpc) is 3.13. The molecule has 2 aliphatic rings. The van der Waals surface area contributed by atoms with E-state index < -0.39 is 0 Å². The summed E-state index contributed by atoms with van der Waals surface area (Å²) in [5.74, 6) is 0.804. The van der Waals surface area contributed by atoms with Gasteiger partial charge in [0.15, 0.2) is 0 Å². The fourth-order valence-electron chi connectivity index (χ4n) is 3.48.